The Balaban J connectivity index is 1.72. The van der Waals surface area contributed by atoms with Crippen LogP contribution < -0.4 is 4.74 Å². The lowest BCUT2D eigenvalue weighted by Gasteiger charge is -2.13. The van der Waals surface area contributed by atoms with E-state index in [1.54, 1.807) is 6.07 Å². The summed E-state index contributed by atoms with van der Waals surface area (Å²) >= 11 is 0. The molecule has 102 valence electrons. The number of fused-ring (bicyclic) bond motifs is 1. The highest BCUT2D eigenvalue weighted by Gasteiger charge is 2.10. The van der Waals surface area contributed by atoms with Crippen molar-refractivity contribution in [3.63, 3.8) is 0 Å². The Bertz CT molecular complexity index is 685. The van der Waals surface area contributed by atoms with Gasteiger partial charge in [-0.3, -0.25) is 0 Å². The van der Waals surface area contributed by atoms with E-state index < -0.39 is 0 Å². The van der Waals surface area contributed by atoms with Gasteiger partial charge in [-0.25, -0.2) is 0 Å². The SMILES string of the molecule is CC(Cc1ccccc1O)Oc1cc2ccccc2[nH]1. The molecule has 0 bridgehead atoms. The molecular formula is C17H17NO2. The number of nitrogens with one attached hydrogen (secondary N) is 1. The molecule has 0 aliphatic rings. The van der Waals surface area contributed by atoms with E-state index in [1.165, 1.54) is 0 Å². The summed E-state index contributed by atoms with van der Waals surface area (Å²) in [6.07, 6.45) is 0.651. The van der Waals surface area contributed by atoms with E-state index in [0.717, 1.165) is 22.3 Å². The lowest BCUT2D eigenvalue weighted by molar-refractivity contribution is 0.213. The highest BCUT2D eigenvalue weighted by atomic mass is 16.5. The van der Waals surface area contributed by atoms with Gasteiger partial charge in [0.15, 0.2) is 5.88 Å². The van der Waals surface area contributed by atoms with Gasteiger partial charge in [-0.2, -0.15) is 0 Å². The molecule has 0 spiro atoms. The van der Waals surface area contributed by atoms with Gasteiger partial charge in [-0.15, -0.1) is 0 Å². The fraction of sp³-hybridized carbons (Fsp3) is 0.176. The van der Waals surface area contributed by atoms with Crippen molar-refractivity contribution in [2.45, 2.75) is 19.4 Å². The molecule has 0 saturated heterocycles. The van der Waals surface area contributed by atoms with Gasteiger partial charge >= 0.3 is 0 Å². The number of aromatic nitrogens is 1. The van der Waals surface area contributed by atoms with Crippen LogP contribution in [0.5, 0.6) is 11.6 Å². The number of ether oxygens (including phenoxy) is 1. The van der Waals surface area contributed by atoms with E-state index in [9.17, 15) is 5.11 Å². The molecule has 1 unspecified atom stereocenters. The normalized spacial score (nSPS) is 12.4. The number of hydrogen-bond acceptors (Lipinski definition) is 2. The van der Waals surface area contributed by atoms with Crippen LogP contribution in [0.1, 0.15) is 12.5 Å². The van der Waals surface area contributed by atoms with Crippen molar-refractivity contribution in [3.8, 4) is 11.6 Å². The van der Waals surface area contributed by atoms with Crippen LogP contribution in [0.25, 0.3) is 10.9 Å². The van der Waals surface area contributed by atoms with Gasteiger partial charge in [0.25, 0.3) is 0 Å². The number of aromatic amines is 1. The molecule has 0 aliphatic heterocycles. The molecular weight excluding hydrogens is 250 g/mol. The first-order valence-electron chi connectivity index (χ1n) is 6.73. The first-order chi connectivity index (χ1) is 9.72. The minimum atomic E-state index is -0.0173. The molecule has 3 heteroatoms. The molecule has 1 atom stereocenters. The van der Waals surface area contributed by atoms with E-state index in [2.05, 4.69) is 4.98 Å². The lowest BCUT2D eigenvalue weighted by Crippen LogP contribution is -2.15. The highest BCUT2D eigenvalue weighted by molar-refractivity contribution is 5.81. The van der Waals surface area contributed by atoms with Crippen LogP contribution in [0.4, 0.5) is 0 Å². The molecule has 0 fully saturated rings. The fourth-order valence-corrected chi connectivity index (χ4v) is 2.36. The molecule has 3 rings (SSSR count). The van der Waals surface area contributed by atoms with E-state index in [4.69, 9.17) is 4.74 Å². The number of benzene rings is 2. The maximum Gasteiger partial charge on any atom is 0.192 e. The lowest BCUT2D eigenvalue weighted by atomic mass is 10.1. The van der Waals surface area contributed by atoms with Gasteiger partial charge in [0.2, 0.25) is 0 Å². The summed E-state index contributed by atoms with van der Waals surface area (Å²) < 4.78 is 5.89. The number of aromatic hydroxyl groups is 1. The van der Waals surface area contributed by atoms with Crippen LogP contribution in [0, 0.1) is 0 Å². The summed E-state index contributed by atoms with van der Waals surface area (Å²) in [4.78, 5) is 3.24. The smallest absolute Gasteiger partial charge is 0.192 e. The maximum absolute atomic E-state index is 9.78. The Morgan fingerprint density at radius 1 is 1.10 bits per heavy atom. The molecule has 3 nitrogen and oxygen atoms in total. The zero-order valence-corrected chi connectivity index (χ0v) is 11.3. The van der Waals surface area contributed by atoms with Crippen molar-refractivity contribution in [2.24, 2.45) is 0 Å². The van der Waals surface area contributed by atoms with Gasteiger partial charge in [-0.05, 0) is 24.6 Å². The summed E-state index contributed by atoms with van der Waals surface area (Å²) in [5.74, 6) is 1.08. The zero-order valence-electron chi connectivity index (χ0n) is 11.3. The Labute approximate surface area is 117 Å². The summed E-state index contributed by atoms with van der Waals surface area (Å²) in [5, 5.41) is 10.9. The summed E-state index contributed by atoms with van der Waals surface area (Å²) in [6, 6.07) is 17.4. The topological polar surface area (TPSA) is 45.2 Å². The van der Waals surface area contributed by atoms with Crippen molar-refractivity contribution in [1.29, 1.82) is 0 Å². The van der Waals surface area contributed by atoms with Gasteiger partial charge in [-0.1, -0.05) is 36.4 Å². The average molecular weight is 267 g/mol. The van der Waals surface area contributed by atoms with Gasteiger partial charge in [0.05, 0.1) is 0 Å². The van der Waals surface area contributed by atoms with Crippen molar-refractivity contribution in [1.82, 2.24) is 4.98 Å². The molecule has 1 heterocycles. The van der Waals surface area contributed by atoms with Crippen molar-refractivity contribution in [3.05, 3.63) is 60.2 Å². The minimum Gasteiger partial charge on any atom is -0.508 e. The third-order valence-corrected chi connectivity index (χ3v) is 3.33. The number of hydrogen-bond donors (Lipinski definition) is 2. The van der Waals surface area contributed by atoms with Crippen LogP contribution >= 0.6 is 0 Å². The number of phenols is 1. The molecule has 0 aliphatic carbocycles. The molecule has 20 heavy (non-hydrogen) atoms. The molecule has 0 radical (unpaired) electrons. The van der Waals surface area contributed by atoms with Crippen LogP contribution in [0.3, 0.4) is 0 Å². The number of phenolic OH excluding ortho intramolecular Hbond substituents is 1. The largest absolute Gasteiger partial charge is 0.508 e. The highest BCUT2D eigenvalue weighted by Crippen LogP contribution is 2.23. The second kappa shape index (κ2) is 5.29. The van der Waals surface area contributed by atoms with Gasteiger partial charge < -0.3 is 14.8 Å². The van der Waals surface area contributed by atoms with Crippen molar-refractivity contribution >= 4 is 10.9 Å². The second-order valence-corrected chi connectivity index (χ2v) is 4.98. The minimum absolute atomic E-state index is 0.0173. The van der Waals surface area contributed by atoms with Crippen LogP contribution in [-0.4, -0.2) is 16.2 Å². The van der Waals surface area contributed by atoms with E-state index in [1.807, 2.05) is 55.5 Å². The summed E-state index contributed by atoms with van der Waals surface area (Å²) in [7, 11) is 0. The van der Waals surface area contributed by atoms with Crippen LogP contribution in [0.2, 0.25) is 0 Å². The predicted molar refractivity (Wildman–Crippen MR) is 80.2 cm³/mol. The Hall–Kier alpha value is -2.42. The third kappa shape index (κ3) is 2.62. The molecule has 1 aromatic heterocycles. The molecule has 0 saturated carbocycles. The average Bonchev–Trinajstić information content (AvgIpc) is 2.83. The van der Waals surface area contributed by atoms with Crippen LogP contribution in [0.15, 0.2) is 54.6 Å². The monoisotopic (exact) mass is 267 g/mol. The van der Waals surface area contributed by atoms with Crippen molar-refractivity contribution in [2.75, 3.05) is 0 Å². The second-order valence-electron chi connectivity index (χ2n) is 4.98. The Morgan fingerprint density at radius 3 is 2.65 bits per heavy atom. The molecule has 2 N–H and O–H groups in total. The summed E-state index contributed by atoms with van der Waals surface area (Å²) in [5.41, 5.74) is 1.97. The Kier molecular flexibility index (Phi) is 3.33. The van der Waals surface area contributed by atoms with Crippen molar-refractivity contribution < 1.29 is 9.84 Å². The van der Waals surface area contributed by atoms with Gasteiger partial charge in [0.1, 0.15) is 11.9 Å². The van der Waals surface area contributed by atoms with E-state index in [0.29, 0.717) is 12.2 Å². The zero-order chi connectivity index (χ0) is 13.9. The van der Waals surface area contributed by atoms with Gasteiger partial charge in [0, 0.05) is 23.4 Å². The Morgan fingerprint density at radius 2 is 1.85 bits per heavy atom. The van der Waals surface area contributed by atoms with Crippen LogP contribution in [-0.2, 0) is 6.42 Å². The van der Waals surface area contributed by atoms with E-state index in [-0.39, 0.29) is 6.10 Å². The fourth-order valence-electron chi connectivity index (χ4n) is 2.36. The van der Waals surface area contributed by atoms with E-state index >= 15 is 0 Å². The third-order valence-electron chi connectivity index (χ3n) is 3.33. The first kappa shape index (κ1) is 12.6. The number of H-pyrrole nitrogens is 1. The molecule has 2 aromatic carbocycles. The first-order valence-corrected chi connectivity index (χ1v) is 6.73. The quantitative estimate of drug-likeness (QED) is 0.753. The molecule has 3 aromatic rings. The predicted octanol–water partition coefficient (Wildman–Crippen LogP) is 3.88. The standard InChI is InChI=1S/C17H17NO2/c1-12(10-14-7-3-5-9-16(14)19)20-17-11-13-6-2-4-8-15(13)18-17/h2-9,11-12,18-19H,10H2,1H3. The number of para-hydroxylation sites is 2. The number of rotatable bonds is 4. The maximum atomic E-state index is 9.78. The molecule has 0 amide bonds. The summed E-state index contributed by atoms with van der Waals surface area (Å²) in [6.45, 7) is 2.00.